The Kier molecular flexibility index (Phi) is 9.95. The van der Waals surface area contributed by atoms with E-state index in [1.165, 1.54) is 7.11 Å². The molecule has 2 heterocycles. The first-order valence-corrected chi connectivity index (χ1v) is 13.5. The third kappa shape index (κ3) is 8.31. The number of carbonyl (C=O) groups excluding carboxylic acids is 2. The predicted molar refractivity (Wildman–Crippen MR) is 154 cm³/mol. The second kappa shape index (κ2) is 13.0. The standard InChI is InChI=1S/C31H42N4O5/c1-19(2)14-26-24(16-32-30(37)40-31(5,6)7)28(22-12-10-20(3)11-13-22)25(21(4)33-26)18-39-29-23(15-27(36)38-9)17-35(8)34-29/h10-13,17,19H,14-16,18H2,1-9H3,(H,32,37). The molecule has 3 rings (SSSR count). The Hall–Kier alpha value is -3.88. The molecule has 0 aliphatic rings. The number of esters is 1. The van der Waals surface area contributed by atoms with E-state index in [2.05, 4.69) is 48.5 Å². The lowest BCUT2D eigenvalue weighted by atomic mass is 9.90. The third-order valence-corrected chi connectivity index (χ3v) is 6.22. The van der Waals surface area contributed by atoms with Crippen LogP contribution in [-0.2, 0) is 47.3 Å². The highest BCUT2D eigenvalue weighted by Crippen LogP contribution is 2.34. The molecule has 0 atom stereocenters. The molecule has 2 aromatic heterocycles. The highest BCUT2D eigenvalue weighted by atomic mass is 16.6. The van der Waals surface area contributed by atoms with Gasteiger partial charge in [-0.25, -0.2) is 4.79 Å². The summed E-state index contributed by atoms with van der Waals surface area (Å²) in [6.45, 7) is 14.2. The molecule has 0 saturated carbocycles. The molecule has 0 saturated heterocycles. The fourth-order valence-corrected chi connectivity index (χ4v) is 4.44. The van der Waals surface area contributed by atoms with Gasteiger partial charge in [0.05, 0.1) is 13.5 Å². The van der Waals surface area contributed by atoms with Crippen LogP contribution in [-0.4, -0.2) is 39.5 Å². The van der Waals surface area contributed by atoms with Crippen molar-refractivity contribution in [3.8, 4) is 17.0 Å². The van der Waals surface area contributed by atoms with Crippen LogP contribution in [0.2, 0.25) is 0 Å². The Morgan fingerprint density at radius 2 is 1.75 bits per heavy atom. The SMILES string of the molecule is COC(=O)Cc1cn(C)nc1OCc1c(C)nc(CC(C)C)c(CNC(=O)OC(C)(C)C)c1-c1ccc(C)cc1. The summed E-state index contributed by atoms with van der Waals surface area (Å²) in [6, 6.07) is 8.28. The lowest BCUT2D eigenvalue weighted by Gasteiger charge is -2.23. The number of nitrogens with zero attached hydrogens (tertiary/aromatic N) is 3. The van der Waals surface area contributed by atoms with Crippen molar-refractivity contribution < 1.29 is 23.8 Å². The van der Waals surface area contributed by atoms with E-state index in [0.29, 0.717) is 17.4 Å². The maximum Gasteiger partial charge on any atom is 0.407 e. The number of aryl methyl sites for hydroxylation is 3. The second-order valence-electron chi connectivity index (χ2n) is 11.5. The summed E-state index contributed by atoms with van der Waals surface area (Å²) in [6.07, 6.45) is 2.06. The molecule has 1 N–H and O–H groups in total. The quantitative estimate of drug-likeness (QED) is 0.327. The van der Waals surface area contributed by atoms with Gasteiger partial charge < -0.3 is 19.5 Å². The molecule has 0 fully saturated rings. The minimum atomic E-state index is -0.611. The van der Waals surface area contributed by atoms with E-state index in [1.807, 2.05) is 34.6 Å². The predicted octanol–water partition coefficient (Wildman–Crippen LogP) is 5.62. The molecule has 0 bridgehead atoms. The number of rotatable bonds is 10. The Bertz CT molecular complexity index is 1340. The molecule has 3 aromatic rings. The van der Waals surface area contributed by atoms with Crippen LogP contribution < -0.4 is 10.1 Å². The normalized spacial score (nSPS) is 11.4. The first kappa shape index (κ1) is 30.7. The summed E-state index contributed by atoms with van der Waals surface area (Å²) in [4.78, 5) is 29.6. The highest BCUT2D eigenvalue weighted by Gasteiger charge is 2.23. The van der Waals surface area contributed by atoms with Crippen LogP contribution in [0, 0.1) is 19.8 Å². The van der Waals surface area contributed by atoms with Gasteiger partial charge in [0.1, 0.15) is 12.2 Å². The average molecular weight is 551 g/mol. The lowest BCUT2D eigenvalue weighted by molar-refractivity contribution is -0.139. The molecule has 0 radical (unpaired) electrons. The molecule has 0 unspecified atom stereocenters. The molecule has 1 aromatic carbocycles. The summed E-state index contributed by atoms with van der Waals surface area (Å²) < 4.78 is 18.2. The van der Waals surface area contributed by atoms with Crippen LogP contribution in [0.15, 0.2) is 30.5 Å². The molecule has 1 amide bonds. The van der Waals surface area contributed by atoms with Gasteiger partial charge in [-0.05, 0) is 58.1 Å². The smallest absolute Gasteiger partial charge is 0.407 e. The Labute approximate surface area is 237 Å². The Balaban J connectivity index is 2.10. The number of hydrogen-bond donors (Lipinski definition) is 1. The van der Waals surface area contributed by atoms with Crippen LogP contribution in [0.5, 0.6) is 5.88 Å². The zero-order valence-corrected chi connectivity index (χ0v) is 25.2. The topological polar surface area (TPSA) is 105 Å². The van der Waals surface area contributed by atoms with Gasteiger partial charge in [-0.15, -0.1) is 5.10 Å². The van der Waals surface area contributed by atoms with E-state index >= 15 is 0 Å². The number of benzene rings is 1. The third-order valence-electron chi connectivity index (χ3n) is 6.22. The first-order valence-electron chi connectivity index (χ1n) is 13.5. The molecule has 0 aliphatic heterocycles. The summed E-state index contributed by atoms with van der Waals surface area (Å²) >= 11 is 0. The molecular formula is C31H42N4O5. The van der Waals surface area contributed by atoms with Crippen LogP contribution in [0.1, 0.15) is 68.3 Å². The number of aromatic nitrogens is 3. The van der Waals surface area contributed by atoms with Gasteiger partial charge in [0.15, 0.2) is 0 Å². The molecule has 9 nitrogen and oxygen atoms in total. The number of hydrogen-bond acceptors (Lipinski definition) is 7. The van der Waals surface area contributed by atoms with Crippen molar-refractivity contribution in [3.63, 3.8) is 0 Å². The number of methoxy groups -OCH3 is 1. The second-order valence-corrected chi connectivity index (χ2v) is 11.5. The van der Waals surface area contributed by atoms with Crippen molar-refractivity contribution >= 4 is 12.1 Å². The van der Waals surface area contributed by atoms with Crippen LogP contribution in [0.3, 0.4) is 0 Å². The number of alkyl carbamates (subject to hydrolysis) is 1. The van der Waals surface area contributed by atoms with Crippen molar-refractivity contribution in [2.24, 2.45) is 13.0 Å². The monoisotopic (exact) mass is 550 g/mol. The van der Waals surface area contributed by atoms with Crippen LogP contribution >= 0.6 is 0 Å². The van der Waals surface area contributed by atoms with Gasteiger partial charge in [0, 0.05) is 47.9 Å². The molecule has 0 aliphatic carbocycles. The minimum Gasteiger partial charge on any atom is -0.471 e. The van der Waals surface area contributed by atoms with E-state index in [9.17, 15) is 9.59 Å². The number of ether oxygens (including phenoxy) is 3. The number of nitrogens with one attached hydrogen (secondary N) is 1. The van der Waals surface area contributed by atoms with Crippen molar-refractivity contribution in [2.45, 2.75) is 80.1 Å². The molecule has 216 valence electrons. The maximum absolute atomic E-state index is 12.6. The van der Waals surface area contributed by atoms with Crippen molar-refractivity contribution in [1.82, 2.24) is 20.1 Å². The molecular weight excluding hydrogens is 508 g/mol. The maximum atomic E-state index is 12.6. The van der Waals surface area contributed by atoms with E-state index in [-0.39, 0.29) is 25.5 Å². The van der Waals surface area contributed by atoms with E-state index in [4.69, 9.17) is 19.2 Å². The van der Waals surface area contributed by atoms with Gasteiger partial charge in [-0.3, -0.25) is 14.5 Å². The summed E-state index contributed by atoms with van der Waals surface area (Å²) in [5, 5.41) is 7.36. The highest BCUT2D eigenvalue weighted by molar-refractivity contribution is 5.75. The molecule has 40 heavy (non-hydrogen) atoms. The van der Waals surface area contributed by atoms with Crippen LogP contribution in [0.25, 0.3) is 11.1 Å². The van der Waals surface area contributed by atoms with Gasteiger partial charge in [-0.2, -0.15) is 0 Å². The molecule has 0 spiro atoms. The molecule has 9 heteroatoms. The van der Waals surface area contributed by atoms with E-state index in [1.54, 1.807) is 17.9 Å². The average Bonchev–Trinajstić information content (AvgIpc) is 3.20. The number of pyridine rings is 1. The van der Waals surface area contributed by atoms with Gasteiger partial charge >= 0.3 is 12.1 Å². The van der Waals surface area contributed by atoms with Crippen molar-refractivity contribution in [3.05, 3.63) is 64.1 Å². The zero-order chi connectivity index (χ0) is 29.6. The summed E-state index contributed by atoms with van der Waals surface area (Å²) in [5.74, 6) is 0.348. The van der Waals surface area contributed by atoms with Gasteiger partial charge in [-0.1, -0.05) is 43.7 Å². The van der Waals surface area contributed by atoms with Crippen LogP contribution in [0.4, 0.5) is 4.79 Å². The number of amides is 1. The summed E-state index contributed by atoms with van der Waals surface area (Å²) in [5.41, 5.74) is 6.69. The number of carbonyl (C=O) groups is 2. The Morgan fingerprint density at radius 1 is 1.07 bits per heavy atom. The van der Waals surface area contributed by atoms with Gasteiger partial charge in [0.2, 0.25) is 5.88 Å². The van der Waals surface area contributed by atoms with Gasteiger partial charge in [0.25, 0.3) is 0 Å². The Morgan fingerprint density at radius 3 is 2.35 bits per heavy atom. The lowest BCUT2D eigenvalue weighted by Crippen LogP contribution is -2.32. The zero-order valence-electron chi connectivity index (χ0n) is 25.2. The fourth-order valence-electron chi connectivity index (χ4n) is 4.44. The van der Waals surface area contributed by atoms with Crippen molar-refractivity contribution in [2.75, 3.05) is 7.11 Å². The van der Waals surface area contributed by atoms with E-state index < -0.39 is 11.7 Å². The first-order chi connectivity index (χ1) is 18.8. The largest absolute Gasteiger partial charge is 0.471 e. The minimum absolute atomic E-state index is 0.0557. The summed E-state index contributed by atoms with van der Waals surface area (Å²) in [7, 11) is 3.13. The fraction of sp³-hybridized carbons (Fsp3) is 0.484. The van der Waals surface area contributed by atoms with Crippen molar-refractivity contribution in [1.29, 1.82) is 0 Å². The van der Waals surface area contributed by atoms with E-state index in [0.717, 1.165) is 45.6 Å².